The molecule has 0 aliphatic carbocycles. The van der Waals surface area contributed by atoms with Crippen molar-refractivity contribution in [2.45, 2.75) is 105 Å². The van der Waals surface area contributed by atoms with Gasteiger partial charge < -0.3 is 23.8 Å². The predicted octanol–water partition coefficient (Wildman–Crippen LogP) is 3.69. The molecule has 0 saturated carbocycles. The van der Waals surface area contributed by atoms with Gasteiger partial charge in [0.2, 0.25) is 0 Å². The second kappa shape index (κ2) is 17.1. The number of aromatic nitrogens is 8. The van der Waals surface area contributed by atoms with Gasteiger partial charge in [-0.05, 0) is 41.5 Å². The number of alkyl halides is 1. The van der Waals surface area contributed by atoms with E-state index in [1.165, 1.54) is 21.8 Å². The van der Waals surface area contributed by atoms with E-state index >= 15 is 4.39 Å². The summed E-state index contributed by atoms with van der Waals surface area (Å²) >= 11 is 7.61. The highest BCUT2D eigenvalue weighted by molar-refractivity contribution is 8.44. The number of rotatable bonds is 14. The van der Waals surface area contributed by atoms with Crippen molar-refractivity contribution < 1.29 is 60.5 Å². The van der Waals surface area contributed by atoms with Crippen molar-refractivity contribution in [2.75, 3.05) is 13.2 Å². The van der Waals surface area contributed by atoms with E-state index in [9.17, 15) is 33.2 Å². The number of ether oxygens (including phenoxy) is 4. The van der Waals surface area contributed by atoms with Gasteiger partial charge >= 0.3 is 25.5 Å². The average molecular weight is 909 g/mol. The van der Waals surface area contributed by atoms with Gasteiger partial charge in [0.05, 0.1) is 36.7 Å². The molecule has 7 unspecified atom stereocenters. The largest absolute Gasteiger partial charge is 0.443 e. The third-order valence-electron chi connectivity index (χ3n) is 9.04. The summed E-state index contributed by atoms with van der Waals surface area (Å²) < 4.78 is 84.1. The van der Waals surface area contributed by atoms with Crippen LogP contribution < -0.4 is 11.1 Å². The Morgan fingerprint density at radius 1 is 0.780 bits per heavy atom. The molecule has 1 N–H and O–H groups in total. The lowest BCUT2D eigenvalue weighted by molar-refractivity contribution is -0.157. The van der Waals surface area contributed by atoms with E-state index < -0.39 is 104 Å². The zero-order chi connectivity index (χ0) is 43.2. The third-order valence-corrected chi connectivity index (χ3v) is 11.5. The van der Waals surface area contributed by atoms with Gasteiger partial charge in [-0.25, -0.2) is 33.5 Å². The normalized spacial score (nSPS) is 24.6. The molecule has 324 valence electrons. The van der Waals surface area contributed by atoms with Crippen LogP contribution in [0.4, 0.5) is 4.39 Å². The monoisotopic (exact) mass is 908 g/mol. The van der Waals surface area contributed by atoms with Crippen LogP contribution in [0, 0.1) is 10.8 Å². The number of hydrogen-bond acceptors (Lipinski definition) is 17. The lowest BCUT2D eigenvalue weighted by Crippen LogP contribution is -2.28. The Morgan fingerprint density at radius 2 is 1.24 bits per heavy atom. The molecule has 0 amide bonds. The van der Waals surface area contributed by atoms with Crippen molar-refractivity contribution in [3.8, 4) is 0 Å². The lowest BCUT2D eigenvalue weighted by Gasteiger charge is -2.23. The van der Waals surface area contributed by atoms with E-state index in [0.29, 0.717) is 0 Å². The van der Waals surface area contributed by atoms with Crippen LogP contribution in [-0.4, -0.2) is 92.7 Å². The second-order valence-corrected chi connectivity index (χ2v) is 21.4. The molecular weight excluding hydrogens is 865 g/mol. The molecule has 59 heavy (non-hydrogen) atoms. The van der Waals surface area contributed by atoms with E-state index in [0.717, 1.165) is 21.8 Å². The summed E-state index contributed by atoms with van der Waals surface area (Å²) in [5, 5.41) is 0. The number of fused-ring (bicyclic) bond motifs is 2. The Balaban J connectivity index is 1.11. The fourth-order valence-electron chi connectivity index (χ4n) is 5.87. The summed E-state index contributed by atoms with van der Waals surface area (Å²) in [6.07, 6.45) is -2.76. The molecule has 0 bridgehead atoms. The topological polar surface area (TPSA) is 259 Å². The zero-order valence-electron chi connectivity index (χ0n) is 32.5. The third kappa shape index (κ3) is 10.5. The smallest absolute Gasteiger partial charge is 0.386 e. The number of esters is 2. The van der Waals surface area contributed by atoms with Gasteiger partial charge in [0.1, 0.15) is 49.6 Å². The first-order chi connectivity index (χ1) is 27.4. The minimum Gasteiger partial charge on any atom is -0.443 e. The number of imidazole rings is 2. The fraction of sp³-hybridized carbons (Fsp3) is 0.625. The van der Waals surface area contributed by atoms with Gasteiger partial charge in [0.25, 0.3) is 11.1 Å². The number of thiol groups is 2. The molecular formula is C32H43FN8O14P2S2. The Hall–Kier alpha value is -3.51. The lowest BCUT2D eigenvalue weighted by atomic mass is 9.97. The predicted molar refractivity (Wildman–Crippen MR) is 209 cm³/mol. The van der Waals surface area contributed by atoms with Crippen LogP contribution in [0.5, 0.6) is 0 Å². The van der Waals surface area contributed by atoms with Crippen molar-refractivity contribution in [3.05, 3.63) is 46.0 Å². The van der Waals surface area contributed by atoms with E-state index in [4.69, 9.17) is 32.5 Å². The molecule has 22 nitrogen and oxygen atoms in total. The molecule has 2 fully saturated rings. The highest BCUT2D eigenvalue weighted by Crippen LogP contribution is 2.57. The van der Waals surface area contributed by atoms with Crippen LogP contribution in [0.1, 0.15) is 66.8 Å². The number of halogens is 1. The van der Waals surface area contributed by atoms with E-state index in [-0.39, 0.29) is 41.9 Å². The van der Waals surface area contributed by atoms with E-state index in [1.807, 2.05) is 0 Å². The summed E-state index contributed by atoms with van der Waals surface area (Å²) in [6.45, 7) is -0.662. The number of nitrogens with zero attached hydrogens (tertiary/aromatic N) is 8. The molecule has 8 atom stereocenters. The minimum atomic E-state index is -4.36. The van der Waals surface area contributed by atoms with Crippen molar-refractivity contribution in [2.24, 2.45) is 10.8 Å². The van der Waals surface area contributed by atoms with Gasteiger partial charge in [0, 0.05) is 12.8 Å². The second-order valence-electron chi connectivity index (χ2n) is 15.7. The molecule has 6 heterocycles. The van der Waals surface area contributed by atoms with E-state index in [2.05, 4.69) is 44.4 Å². The summed E-state index contributed by atoms with van der Waals surface area (Å²) in [5.41, 5.74) is -2.83. The van der Waals surface area contributed by atoms with Crippen molar-refractivity contribution in [1.29, 1.82) is 0 Å². The molecule has 2 aliphatic heterocycles. The SMILES string of the molecule is CC(C)(C)C(=O)OCn1cnc2c(ncn2C2CC(F)C(COP(=O)(S)O[C@H]3CC(n4cnc5c(=O)n(COC(=O)C(C)(C)C)cnc54)OC3COP(=O)(O)S)O2)c1=O. The first kappa shape index (κ1) is 45.0. The maximum Gasteiger partial charge on any atom is 0.386 e. The van der Waals surface area contributed by atoms with Crippen LogP contribution in [0.25, 0.3) is 22.3 Å². The first-order valence-corrected chi connectivity index (χ1v) is 23.3. The molecule has 0 radical (unpaired) electrons. The molecule has 2 aliphatic rings. The number of carbonyl (C=O) groups excluding carboxylic acids is 2. The van der Waals surface area contributed by atoms with Crippen LogP contribution in [0.15, 0.2) is 34.9 Å². The molecule has 6 rings (SSSR count). The van der Waals surface area contributed by atoms with Crippen molar-refractivity contribution >= 4 is 72.4 Å². The molecule has 2 saturated heterocycles. The summed E-state index contributed by atoms with van der Waals surface area (Å²) in [6, 6.07) is 0. The van der Waals surface area contributed by atoms with Crippen LogP contribution in [-0.2, 0) is 64.7 Å². The van der Waals surface area contributed by atoms with Crippen molar-refractivity contribution in [1.82, 2.24) is 38.2 Å². The average Bonchev–Trinajstić information content (AvgIpc) is 3.93. The Labute approximate surface area is 345 Å². The Bertz CT molecular complexity index is 2440. The minimum absolute atomic E-state index is 0.0705. The van der Waals surface area contributed by atoms with Crippen molar-refractivity contribution in [3.63, 3.8) is 0 Å². The number of hydrogen-bond donors (Lipinski definition) is 3. The Morgan fingerprint density at radius 3 is 1.71 bits per heavy atom. The standard InChI is InChI=1S/C32H43FN8O14P2S2/c1-31(2,3)29(44)49-15-38-11-36-25-23(27(38)42)34-13-40(25)21-7-17(33)19(53-21)9-52-57(48,59)55-18-8-22(54-20(18)10-51-56(46,47)58)41-14-35-24-26(41)37-12-39(28(24)43)16-50-30(45)32(4,5)6/h11-14,17-22H,7-10,15-16H2,1-6H3,(H,48,59)(H2,46,47,58)/t17?,18-,19?,20?,21?,22?,57?/m0/s1. The molecule has 4 aromatic heterocycles. The van der Waals surface area contributed by atoms with Crippen LogP contribution >= 0.6 is 38.1 Å². The summed E-state index contributed by atoms with van der Waals surface area (Å²) in [7, 11) is 0. The summed E-state index contributed by atoms with van der Waals surface area (Å²) in [5.74, 6) is -1.06. The quantitative estimate of drug-likeness (QED) is 0.0926. The van der Waals surface area contributed by atoms with Gasteiger partial charge in [0.15, 0.2) is 35.8 Å². The highest BCUT2D eigenvalue weighted by Gasteiger charge is 2.44. The maximum absolute atomic E-state index is 15.3. The number of carbonyl (C=O) groups is 2. The molecule has 0 aromatic carbocycles. The van der Waals surface area contributed by atoms with Crippen LogP contribution in [0.3, 0.4) is 0 Å². The van der Waals surface area contributed by atoms with Gasteiger partial charge in [-0.3, -0.25) is 51.0 Å². The van der Waals surface area contributed by atoms with Gasteiger partial charge in [-0.15, -0.1) is 0 Å². The van der Waals surface area contributed by atoms with E-state index in [1.54, 1.807) is 41.5 Å². The van der Waals surface area contributed by atoms with Gasteiger partial charge in [-0.2, -0.15) is 0 Å². The molecule has 27 heteroatoms. The Kier molecular flexibility index (Phi) is 13.0. The van der Waals surface area contributed by atoms with Crippen LogP contribution in [0.2, 0.25) is 0 Å². The molecule has 4 aromatic rings. The fourth-order valence-corrected chi connectivity index (χ4v) is 7.93. The summed E-state index contributed by atoms with van der Waals surface area (Å²) in [4.78, 5) is 77.0. The zero-order valence-corrected chi connectivity index (χ0v) is 36.1. The molecule has 0 spiro atoms. The maximum atomic E-state index is 15.3. The van der Waals surface area contributed by atoms with Gasteiger partial charge in [-0.1, -0.05) is 24.5 Å². The highest BCUT2D eigenvalue weighted by atomic mass is 32.7. The first-order valence-electron chi connectivity index (χ1n) is 17.9.